The summed E-state index contributed by atoms with van der Waals surface area (Å²) in [5.74, 6) is -0.422. The molecule has 0 aliphatic rings. The molecular formula is C18H16N6O4. The quantitative estimate of drug-likeness (QED) is 0.374. The minimum absolute atomic E-state index is 0.0347. The van der Waals surface area contributed by atoms with Gasteiger partial charge >= 0.3 is 5.97 Å². The molecule has 2 aromatic carbocycles. The Kier molecular flexibility index (Phi) is 5.40. The zero-order valence-corrected chi connectivity index (χ0v) is 14.8. The van der Waals surface area contributed by atoms with Crippen molar-refractivity contribution in [3.05, 3.63) is 75.6 Å². The maximum absolute atomic E-state index is 12.1. The molecule has 0 unspecified atom stereocenters. The molecule has 0 aliphatic heterocycles. The van der Waals surface area contributed by atoms with Crippen molar-refractivity contribution < 1.29 is 14.5 Å². The van der Waals surface area contributed by atoms with Gasteiger partial charge in [-0.3, -0.25) is 10.1 Å². The zero-order chi connectivity index (χ0) is 20.1. The molecule has 0 bridgehead atoms. The van der Waals surface area contributed by atoms with E-state index in [0.717, 1.165) is 17.3 Å². The molecule has 0 saturated heterocycles. The molecule has 10 heteroatoms. The van der Waals surface area contributed by atoms with Crippen LogP contribution in [-0.4, -0.2) is 25.8 Å². The Morgan fingerprint density at radius 1 is 1.18 bits per heavy atom. The van der Waals surface area contributed by atoms with Crippen LogP contribution in [-0.2, 0) is 11.3 Å². The number of non-ortho nitro benzene ring substituents is 1. The van der Waals surface area contributed by atoms with E-state index in [1.54, 1.807) is 0 Å². The van der Waals surface area contributed by atoms with E-state index in [-0.39, 0.29) is 35.6 Å². The Morgan fingerprint density at radius 3 is 2.71 bits per heavy atom. The Labute approximate surface area is 159 Å². The summed E-state index contributed by atoms with van der Waals surface area (Å²) in [6.45, 7) is 1.66. The Bertz CT molecular complexity index is 1040. The van der Waals surface area contributed by atoms with Gasteiger partial charge in [0.25, 0.3) is 5.69 Å². The van der Waals surface area contributed by atoms with E-state index in [1.165, 1.54) is 18.2 Å². The summed E-state index contributed by atoms with van der Waals surface area (Å²) in [7, 11) is 0. The number of esters is 1. The third-order valence-corrected chi connectivity index (χ3v) is 3.72. The lowest BCUT2D eigenvalue weighted by molar-refractivity contribution is -0.384. The number of anilines is 3. The number of aromatic nitrogens is 3. The second kappa shape index (κ2) is 8.08. The van der Waals surface area contributed by atoms with Crippen molar-refractivity contribution in [2.24, 2.45) is 0 Å². The van der Waals surface area contributed by atoms with Gasteiger partial charge in [0.15, 0.2) is 12.4 Å². The van der Waals surface area contributed by atoms with Gasteiger partial charge in [-0.15, -0.1) is 0 Å². The predicted octanol–water partition coefficient (Wildman–Crippen LogP) is 2.77. The van der Waals surface area contributed by atoms with Crippen LogP contribution in [0.15, 0.2) is 48.5 Å². The van der Waals surface area contributed by atoms with Gasteiger partial charge in [0, 0.05) is 17.8 Å². The number of aryl methyl sites for hydroxylation is 1. The Balaban J connectivity index is 1.71. The fourth-order valence-electron chi connectivity index (χ4n) is 2.35. The summed E-state index contributed by atoms with van der Waals surface area (Å²) >= 11 is 0. The van der Waals surface area contributed by atoms with Gasteiger partial charge in [0.05, 0.1) is 10.5 Å². The molecule has 1 aromatic heterocycles. The summed E-state index contributed by atoms with van der Waals surface area (Å²) < 4.78 is 5.14. The number of nitro groups is 1. The average molecular weight is 380 g/mol. The van der Waals surface area contributed by atoms with Crippen LogP contribution in [0.1, 0.15) is 21.7 Å². The number of rotatable bonds is 6. The number of para-hydroxylation sites is 1. The predicted molar refractivity (Wildman–Crippen MR) is 101 cm³/mol. The number of nitrogens with two attached hydrogens (primary N) is 1. The monoisotopic (exact) mass is 380 g/mol. The van der Waals surface area contributed by atoms with E-state index in [0.29, 0.717) is 0 Å². The van der Waals surface area contributed by atoms with Gasteiger partial charge < -0.3 is 15.8 Å². The van der Waals surface area contributed by atoms with Gasteiger partial charge in [-0.2, -0.15) is 15.0 Å². The zero-order valence-electron chi connectivity index (χ0n) is 14.8. The van der Waals surface area contributed by atoms with Gasteiger partial charge in [-0.25, -0.2) is 4.79 Å². The standard InChI is InChI=1S/C18H16N6O4/c1-11-5-2-3-8-14(11)20-18-22-15(21-17(19)23-18)10-28-16(25)12-6-4-7-13(9-12)24(26)27/h2-9H,10H2,1H3,(H3,19,20,21,22,23). The highest BCUT2D eigenvalue weighted by atomic mass is 16.6. The lowest BCUT2D eigenvalue weighted by Crippen LogP contribution is -2.11. The number of nitrogens with zero attached hydrogens (tertiary/aromatic N) is 4. The number of nitrogens with one attached hydrogen (secondary N) is 1. The summed E-state index contributed by atoms with van der Waals surface area (Å²) in [6.07, 6.45) is 0. The number of nitro benzene ring substituents is 1. The molecule has 0 atom stereocenters. The van der Waals surface area contributed by atoms with E-state index in [2.05, 4.69) is 20.3 Å². The third-order valence-electron chi connectivity index (χ3n) is 3.72. The molecule has 0 spiro atoms. The van der Waals surface area contributed by atoms with E-state index in [4.69, 9.17) is 10.5 Å². The average Bonchev–Trinajstić information content (AvgIpc) is 2.67. The Morgan fingerprint density at radius 2 is 1.96 bits per heavy atom. The van der Waals surface area contributed by atoms with Crippen molar-refractivity contribution in [1.82, 2.24) is 15.0 Å². The van der Waals surface area contributed by atoms with E-state index in [1.807, 2.05) is 31.2 Å². The van der Waals surface area contributed by atoms with E-state index < -0.39 is 10.9 Å². The first-order chi connectivity index (χ1) is 13.4. The molecule has 10 nitrogen and oxygen atoms in total. The Hall–Kier alpha value is -4.08. The van der Waals surface area contributed by atoms with Gasteiger partial charge in [-0.05, 0) is 24.6 Å². The number of hydrogen-bond acceptors (Lipinski definition) is 9. The van der Waals surface area contributed by atoms with Crippen molar-refractivity contribution in [3.63, 3.8) is 0 Å². The maximum Gasteiger partial charge on any atom is 0.338 e. The van der Waals surface area contributed by atoms with Crippen molar-refractivity contribution in [2.45, 2.75) is 13.5 Å². The fraction of sp³-hybridized carbons (Fsp3) is 0.111. The molecule has 0 fully saturated rings. The van der Waals surface area contributed by atoms with Crippen molar-refractivity contribution >= 4 is 29.2 Å². The van der Waals surface area contributed by atoms with E-state index >= 15 is 0 Å². The molecule has 0 radical (unpaired) electrons. The summed E-state index contributed by atoms with van der Waals surface area (Å²) in [5.41, 5.74) is 7.33. The fourth-order valence-corrected chi connectivity index (χ4v) is 2.35. The van der Waals surface area contributed by atoms with Gasteiger partial charge in [-0.1, -0.05) is 24.3 Å². The molecule has 3 aromatic rings. The van der Waals surface area contributed by atoms with E-state index in [9.17, 15) is 14.9 Å². The molecular weight excluding hydrogens is 364 g/mol. The van der Waals surface area contributed by atoms with Crippen LogP contribution in [0.2, 0.25) is 0 Å². The van der Waals surface area contributed by atoms with Crippen LogP contribution >= 0.6 is 0 Å². The first-order valence-electron chi connectivity index (χ1n) is 8.17. The van der Waals surface area contributed by atoms with Crippen molar-refractivity contribution in [1.29, 1.82) is 0 Å². The number of benzene rings is 2. The SMILES string of the molecule is Cc1ccccc1Nc1nc(N)nc(COC(=O)c2cccc([N+](=O)[O-])c2)n1. The van der Waals surface area contributed by atoms with Gasteiger partial charge in [0.1, 0.15) is 0 Å². The molecule has 0 amide bonds. The van der Waals surface area contributed by atoms with Crippen molar-refractivity contribution in [3.8, 4) is 0 Å². The molecule has 1 heterocycles. The van der Waals surface area contributed by atoms with Crippen LogP contribution in [0.3, 0.4) is 0 Å². The number of nitrogen functional groups attached to an aromatic ring is 1. The number of carbonyl (C=O) groups is 1. The topological polar surface area (TPSA) is 146 Å². The van der Waals surface area contributed by atoms with Crippen LogP contribution in [0.25, 0.3) is 0 Å². The van der Waals surface area contributed by atoms with Crippen LogP contribution < -0.4 is 11.1 Å². The highest BCUT2D eigenvalue weighted by Gasteiger charge is 2.14. The summed E-state index contributed by atoms with van der Waals surface area (Å²) in [4.78, 5) is 34.5. The van der Waals surface area contributed by atoms with Crippen LogP contribution in [0.4, 0.5) is 23.3 Å². The number of carbonyl (C=O) groups excluding carboxylic acids is 1. The maximum atomic E-state index is 12.1. The second-order valence-corrected chi connectivity index (χ2v) is 5.76. The largest absolute Gasteiger partial charge is 0.454 e. The number of hydrogen-bond donors (Lipinski definition) is 2. The normalized spacial score (nSPS) is 10.3. The highest BCUT2D eigenvalue weighted by molar-refractivity contribution is 5.90. The molecule has 0 aliphatic carbocycles. The molecule has 3 rings (SSSR count). The minimum atomic E-state index is -0.740. The summed E-state index contributed by atoms with van der Waals surface area (Å²) in [5, 5.41) is 13.8. The molecule has 0 saturated carbocycles. The minimum Gasteiger partial charge on any atom is -0.454 e. The lowest BCUT2D eigenvalue weighted by Gasteiger charge is -2.09. The second-order valence-electron chi connectivity index (χ2n) is 5.76. The number of ether oxygens (including phenoxy) is 1. The summed E-state index contributed by atoms with van der Waals surface area (Å²) in [6, 6.07) is 12.8. The first-order valence-corrected chi connectivity index (χ1v) is 8.17. The van der Waals surface area contributed by atoms with Crippen LogP contribution in [0, 0.1) is 17.0 Å². The molecule has 28 heavy (non-hydrogen) atoms. The molecule has 3 N–H and O–H groups in total. The highest BCUT2D eigenvalue weighted by Crippen LogP contribution is 2.18. The lowest BCUT2D eigenvalue weighted by atomic mass is 10.2. The molecule has 142 valence electrons. The first kappa shape index (κ1) is 18.7. The third kappa shape index (κ3) is 4.55. The van der Waals surface area contributed by atoms with Crippen molar-refractivity contribution in [2.75, 3.05) is 11.1 Å². The smallest absolute Gasteiger partial charge is 0.338 e. The van der Waals surface area contributed by atoms with Gasteiger partial charge in [0.2, 0.25) is 11.9 Å². The van der Waals surface area contributed by atoms with Crippen LogP contribution in [0.5, 0.6) is 0 Å².